The minimum Gasteiger partial charge on any atom is -0.396 e. The van der Waals surface area contributed by atoms with Crippen LogP contribution in [-0.4, -0.2) is 22.1 Å². The number of nitrogens with two attached hydrogens (primary N) is 1. The molecule has 1 atom stereocenters. The van der Waals surface area contributed by atoms with E-state index in [1.54, 1.807) is 0 Å². The highest BCUT2D eigenvalue weighted by atomic mass is 35.5. The number of hydrogen-bond donors (Lipinski definition) is 2. The third-order valence-corrected chi connectivity index (χ3v) is 5.18. The molecule has 0 bridgehead atoms. The first-order chi connectivity index (χ1) is 9.37. The van der Waals surface area contributed by atoms with E-state index in [1.165, 1.54) is 44.9 Å². The summed E-state index contributed by atoms with van der Waals surface area (Å²) < 4.78 is 0. The van der Waals surface area contributed by atoms with E-state index in [2.05, 4.69) is 6.92 Å². The number of aliphatic hydroxyl groups excluding tert-OH is 1. The van der Waals surface area contributed by atoms with Gasteiger partial charge < -0.3 is 10.8 Å². The fourth-order valence-corrected chi connectivity index (χ4v) is 2.93. The van der Waals surface area contributed by atoms with Gasteiger partial charge in [-0.2, -0.15) is 0 Å². The molecule has 1 unspecified atom stereocenters. The third-order valence-electron chi connectivity index (χ3n) is 4.31. The normalized spacial score (nSPS) is 14.6. The fraction of sp³-hybridized carbons (Fsp3) is 1.00. The topological polar surface area (TPSA) is 46.2 Å². The molecule has 3 N–H and O–H groups in total. The van der Waals surface area contributed by atoms with Gasteiger partial charge in [0.1, 0.15) is 0 Å². The second-order valence-corrected chi connectivity index (χ2v) is 7.46. The molecular weight excluding hydrogens is 305 g/mol. The van der Waals surface area contributed by atoms with Gasteiger partial charge in [-0.05, 0) is 33.1 Å². The summed E-state index contributed by atoms with van der Waals surface area (Å²) in [4.78, 5) is -0.377. The van der Waals surface area contributed by atoms with Crippen molar-refractivity contribution < 1.29 is 5.11 Å². The Kier molecular flexibility index (Phi) is 14.7. The molecular formula is C17H37Cl2NO. The van der Waals surface area contributed by atoms with Gasteiger partial charge in [0.05, 0.1) is 4.87 Å². The van der Waals surface area contributed by atoms with E-state index in [9.17, 15) is 0 Å². The van der Waals surface area contributed by atoms with Crippen molar-refractivity contribution >= 4 is 24.0 Å². The molecule has 0 saturated carbocycles. The van der Waals surface area contributed by atoms with E-state index >= 15 is 0 Å². The molecule has 2 nitrogen and oxygen atoms in total. The molecule has 0 amide bonds. The van der Waals surface area contributed by atoms with Crippen molar-refractivity contribution in [2.75, 3.05) is 6.61 Å². The Labute approximate surface area is 143 Å². The monoisotopic (exact) mass is 341 g/mol. The van der Waals surface area contributed by atoms with Crippen LogP contribution in [0.15, 0.2) is 0 Å². The number of halogens is 2. The zero-order chi connectivity index (χ0) is 15.5. The highest BCUT2D eigenvalue weighted by molar-refractivity contribution is 6.24. The van der Waals surface area contributed by atoms with E-state index < -0.39 is 5.54 Å². The minimum atomic E-state index is -0.398. The molecule has 0 rings (SSSR count). The Morgan fingerprint density at radius 1 is 0.857 bits per heavy atom. The van der Waals surface area contributed by atoms with Gasteiger partial charge in [-0.25, -0.2) is 0 Å². The fourth-order valence-electron chi connectivity index (χ4n) is 2.67. The zero-order valence-corrected chi connectivity index (χ0v) is 15.9. The number of hydrogen-bond acceptors (Lipinski definition) is 2. The Morgan fingerprint density at radius 3 is 1.71 bits per heavy atom. The smallest absolute Gasteiger partial charge is 0.0621 e. The van der Waals surface area contributed by atoms with Gasteiger partial charge in [0, 0.05) is 12.1 Å². The lowest BCUT2D eigenvalue weighted by Gasteiger charge is -2.39. The standard InChI is InChI=1S/C17H36ClNO.ClH/c1-4-5-6-7-8-9-10-11-13-17(18,14-12-15-20)16(2,3)19;/h20H,4-15,19H2,1-3H3;1H. The summed E-state index contributed by atoms with van der Waals surface area (Å²) in [5.41, 5.74) is 5.84. The Bertz CT molecular complexity index is 231. The van der Waals surface area contributed by atoms with Crippen molar-refractivity contribution in [2.24, 2.45) is 5.73 Å². The number of alkyl halides is 1. The molecule has 0 aromatic carbocycles. The van der Waals surface area contributed by atoms with Crippen molar-refractivity contribution in [3.05, 3.63) is 0 Å². The molecule has 21 heavy (non-hydrogen) atoms. The second-order valence-electron chi connectivity index (χ2n) is 6.74. The van der Waals surface area contributed by atoms with Crippen LogP contribution in [0.3, 0.4) is 0 Å². The van der Waals surface area contributed by atoms with E-state index in [0.717, 1.165) is 25.7 Å². The molecule has 0 radical (unpaired) electrons. The van der Waals surface area contributed by atoms with Crippen molar-refractivity contribution in [1.82, 2.24) is 0 Å². The van der Waals surface area contributed by atoms with Crippen molar-refractivity contribution in [3.63, 3.8) is 0 Å². The van der Waals surface area contributed by atoms with Crippen LogP contribution in [0, 0.1) is 0 Å². The minimum absolute atomic E-state index is 0. The lowest BCUT2D eigenvalue weighted by molar-refractivity contribution is 0.244. The van der Waals surface area contributed by atoms with Gasteiger partial charge in [0.25, 0.3) is 0 Å². The lowest BCUT2D eigenvalue weighted by Crippen LogP contribution is -2.52. The molecule has 0 heterocycles. The molecule has 4 heteroatoms. The van der Waals surface area contributed by atoms with Crippen LogP contribution in [0.25, 0.3) is 0 Å². The Morgan fingerprint density at radius 2 is 1.29 bits per heavy atom. The molecule has 0 aromatic rings. The maximum Gasteiger partial charge on any atom is 0.0621 e. The van der Waals surface area contributed by atoms with Gasteiger partial charge in [0.15, 0.2) is 0 Å². The summed E-state index contributed by atoms with van der Waals surface area (Å²) in [5, 5.41) is 9.01. The Hall–Kier alpha value is 0.500. The van der Waals surface area contributed by atoms with E-state index in [-0.39, 0.29) is 23.9 Å². The predicted octanol–water partition coefficient (Wildman–Crippen LogP) is 5.43. The van der Waals surface area contributed by atoms with Gasteiger partial charge in [-0.15, -0.1) is 24.0 Å². The van der Waals surface area contributed by atoms with Crippen molar-refractivity contribution in [2.45, 2.75) is 102 Å². The van der Waals surface area contributed by atoms with E-state index in [1.807, 2.05) is 13.8 Å². The average Bonchev–Trinajstić information content (AvgIpc) is 2.38. The van der Waals surface area contributed by atoms with Gasteiger partial charge in [-0.1, -0.05) is 58.3 Å². The third kappa shape index (κ3) is 10.8. The zero-order valence-electron chi connectivity index (χ0n) is 14.3. The van der Waals surface area contributed by atoms with Gasteiger partial charge in [-0.3, -0.25) is 0 Å². The Balaban J connectivity index is 0. The molecule has 0 aliphatic heterocycles. The molecule has 130 valence electrons. The second kappa shape index (κ2) is 13.0. The van der Waals surface area contributed by atoms with Crippen LogP contribution < -0.4 is 5.73 Å². The largest absolute Gasteiger partial charge is 0.396 e. The molecule has 0 aromatic heterocycles. The van der Waals surface area contributed by atoms with Crippen LogP contribution in [0.2, 0.25) is 0 Å². The predicted molar refractivity (Wildman–Crippen MR) is 97.6 cm³/mol. The first-order valence-corrected chi connectivity index (χ1v) is 8.84. The van der Waals surface area contributed by atoms with Crippen LogP contribution in [-0.2, 0) is 0 Å². The summed E-state index contributed by atoms with van der Waals surface area (Å²) in [6, 6.07) is 0. The molecule has 0 spiro atoms. The highest BCUT2D eigenvalue weighted by Crippen LogP contribution is 2.37. The highest BCUT2D eigenvalue weighted by Gasteiger charge is 2.39. The SMILES string of the molecule is CCCCCCCCCCC(Cl)(CCCO)C(C)(C)N.Cl. The number of aliphatic hydroxyl groups is 1. The van der Waals surface area contributed by atoms with Crippen LogP contribution in [0.5, 0.6) is 0 Å². The van der Waals surface area contributed by atoms with Crippen LogP contribution in [0.4, 0.5) is 0 Å². The molecule has 0 fully saturated rings. The summed E-state index contributed by atoms with van der Waals surface area (Å²) in [6.07, 6.45) is 12.9. The van der Waals surface area contributed by atoms with Gasteiger partial charge >= 0.3 is 0 Å². The average molecular weight is 342 g/mol. The lowest BCUT2D eigenvalue weighted by atomic mass is 9.80. The number of rotatable bonds is 13. The van der Waals surface area contributed by atoms with Crippen LogP contribution in [0.1, 0.15) is 91.4 Å². The molecule has 0 saturated heterocycles. The summed E-state index contributed by atoms with van der Waals surface area (Å²) in [6.45, 7) is 6.45. The molecule has 0 aliphatic rings. The van der Waals surface area contributed by atoms with Gasteiger partial charge in [0.2, 0.25) is 0 Å². The van der Waals surface area contributed by atoms with Crippen LogP contribution >= 0.6 is 24.0 Å². The quantitative estimate of drug-likeness (QED) is 0.346. The summed E-state index contributed by atoms with van der Waals surface area (Å²) >= 11 is 6.74. The maximum atomic E-state index is 9.01. The summed E-state index contributed by atoms with van der Waals surface area (Å²) in [5.74, 6) is 0. The first kappa shape index (κ1) is 23.8. The van der Waals surface area contributed by atoms with E-state index in [4.69, 9.17) is 22.4 Å². The molecule has 0 aliphatic carbocycles. The number of unbranched alkanes of at least 4 members (excludes halogenated alkanes) is 7. The van der Waals surface area contributed by atoms with E-state index in [0.29, 0.717) is 0 Å². The maximum absolute atomic E-state index is 9.01. The van der Waals surface area contributed by atoms with Crippen molar-refractivity contribution in [1.29, 1.82) is 0 Å². The van der Waals surface area contributed by atoms with Crippen molar-refractivity contribution in [3.8, 4) is 0 Å². The summed E-state index contributed by atoms with van der Waals surface area (Å²) in [7, 11) is 0. The first-order valence-electron chi connectivity index (χ1n) is 8.46.